The van der Waals surface area contributed by atoms with Crippen LogP contribution in [0.25, 0.3) is 0 Å². The number of unbranched alkanes of at least 4 members (excludes halogenated alkanes) is 13. The third-order valence-electron chi connectivity index (χ3n) is 5.79. The topological polar surface area (TPSA) is 32.3 Å². The van der Waals surface area contributed by atoms with Crippen molar-refractivity contribution in [2.24, 2.45) is 0 Å². The van der Waals surface area contributed by atoms with Crippen LogP contribution >= 0.6 is 0 Å². The van der Waals surface area contributed by atoms with Gasteiger partial charge in [0.15, 0.2) is 0 Å². The van der Waals surface area contributed by atoms with E-state index in [1.807, 2.05) is 6.92 Å². The molecule has 3 nitrogen and oxygen atoms in total. The van der Waals surface area contributed by atoms with E-state index in [1.54, 1.807) is 0 Å². The molecule has 27 heavy (non-hydrogen) atoms. The maximum atomic E-state index is 10.1. The molecule has 2 unspecified atom stereocenters. The first-order chi connectivity index (χ1) is 12.9. The summed E-state index contributed by atoms with van der Waals surface area (Å²) in [7, 11) is 4.43. The van der Waals surface area contributed by atoms with Gasteiger partial charge in [0.1, 0.15) is 0 Å². The van der Waals surface area contributed by atoms with Crippen molar-refractivity contribution >= 4 is 0 Å². The zero-order valence-corrected chi connectivity index (χ0v) is 19.6. The summed E-state index contributed by atoms with van der Waals surface area (Å²) < 4.78 is 0.807. The Labute approximate surface area is 171 Å². The van der Waals surface area contributed by atoms with Crippen molar-refractivity contribution in [1.82, 2.24) is 5.43 Å². The van der Waals surface area contributed by atoms with Crippen LogP contribution in [0.2, 0.25) is 0 Å². The Morgan fingerprint density at radius 3 is 1.48 bits per heavy atom. The van der Waals surface area contributed by atoms with Gasteiger partial charge in [0.25, 0.3) is 0 Å². The normalized spacial score (nSPS) is 14.4. The van der Waals surface area contributed by atoms with Crippen molar-refractivity contribution in [2.45, 2.75) is 136 Å². The molecule has 3 heteroatoms. The summed E-state index contributed by atoms with van der Waals surface area (Å²) in [5, 5.41) is 10.1. The number of hydrogen-bond acceptors (Lipinski definition) is 2. The van der Waals surface area contributed by atoms with Gasteiger partial charge in [-0.25, -0.2) is 0 Å². The summed E-state index contributed by atoms with van der Waals surface area (Å²) in [5.41, 5.74) is 3.66. The Kier molecular flexibility index (Phi) is 17.9. The van der Waals surface area contributed by atoms with E-state index in [9.17, 15) is 5.11 Å². The molecule has 164 valence electrons. The third kappa shape index (κ3) is 17.7. The lowest BCUT2D eigenvalue weighted by Gasteiger charge is -2.35. The second-order valence-corrected chi connectivity index (χ2v) is 9.27. The predicted molar refractivity (Wildman–Crippen MR) is 121 cm³/mol. The van der Waals surface area contributed by atoms with Gasteiger partial charge in [-0.05, 0) is 19.8 Å². The summed E-state index contributed by atoms with van der Waals surface area (Å²) in [6.07, 6.45) is 21.4. The number of rotatable bonds is 20. The maximum Gasteiger partial charge on any atom is 0.0957 e. The van der Waals surface area contributed by atoms with Crippen LogP contribution < -0.4 is 5.43 Å². The van der Waals surface area contributed by atoms with Crippen LogP contribution in [0.5, 0.6) is 0 Å². The van der Waals surface area contributed by atoms with E-state index in [-0.39, 0.29) is 12.1 Å². The minimum absolute atomic E-state index is 0.213. The van der Waals surface area contributed by atoms with Crippen LogP contribution in [-0.4, -0.2) is 42.5 Å². The molecule has 0 aliphatic rings. The molecule has 0 radical (unpaired) electrons. The second-order valence-electron chi connectivity index (χ2n) is 9.27. The third-order valence-corrected chi connectivity index (χ3v) is 5.79. The highest BCUT2D eigenvalue weighted by atomic mass is 16.3. The van der Waals surface area contributed by atoms with Crippen LogP contribution in [-0.2, 0) is 0 Å². The zero-order valence-electron chi connectivity index (χ0n) is 19.6. The number of nitrogens with zero attached hydrogens (tertiary/aromatic N) is 1. The van der Waals surface area contributed by atoms with Crippen molar-refractivity contribution < 1.29 is 9.70 Å². The van der Waals surface area contributed by atoms with E-state index in [2.05, 4.69) is 33.4 Å². The van der Waals surface area contributed by atoms with E-state index in [1.165, 1.54) is 96.3 Å². The van der Waals surface area contributed by atoms with Gasteiger partial charge in [0.2, 0.25) is 0 Å². The Morgan fingerprint density at radius 1 is 0.667 bits per heavy atom. The van der Waals surface area contributed by atoms with E-state index < -0.39 is 0 Å². The highest BCUT2D eigenvalue weighted by molar-refractivity contribution is 4.69. The van der Waals surface area contributed by atoms with E-state index in [0.717, 1.165) is 17.6 Å². The zero-order chi connectivity index (χ0) is 20.4. The number of quaternary nitrogens is 1. The number of hydrogen-bond donors (Lipinski definition) is 2. The van der Waals surface area contributed by atoms with E-state index in [4.69, 9.17) is 0 Å². The molecule has 0 heterocycles. The lowest BCUT2D eigenvalue weighted by molar-refractivity contribution is -0.937. The highest BCUT2D eigenvalue weighted by Crippen LogP contribution is 2.14. The van der Waals surface area contributed by atoms with Crippen molar-refractivity contribution in [3.05, 3.63) is 0 Å². The van der Waals surface area contributed by atoms with Crippen LogP contribution in [0.3, 0.4) is 0 Å². The van der Waals surface area contributed by atoms with Gasteiger partial charge in [-0.15, -0.1) is 0 Å². The van der Waals surface area contributed by atoms with Gasteiger partial charge >= 0.3 is 0 Å². The lowest BCUT2D eigenvalue weighted by Crippen LogP contribution is -2.59. The predicted octanol–water partition coefficient (Wildman–Crippen LogP) is 6.60. The molecule has 2 atom stereocenters. The average Bonchev–Trinajstić information content (AvgIpc) is 2.62. The molecule has 0 aromatic heterocycles. The molecule has 0 aliphatic heterocycles. The van der Waals surface area contributed by atoms with Crippen LogP contribution in [0.4, 0.5) is 0 Å². The molecule has 0 amide bonds. The average molecular weight is 386 g/mol. The van der Waals surface area contributed by atoms with Gasteiger partial charge in [-0.3, -0.25) is 4.59 Å². The summed E-state index contributed by atoms with van der Waals surface area (Å²) in [5.74, 6) is 0. The molecular formula is C24H53N2O+. The fourth-order valence-corrected chi connectivity index (χ4v) is 3.86. The molecular weight excluding hydrogens is 332 g/mol. The molecule has 0 saturated heterocycles. The first-order valence-electron chi connectivity index (χ1n) is 12.2. The lowest BCUT2D eigenvalue weighted by atomic mass is 10.0. The Balaban J connectivity index is 3.62. The van der Waals surface area contributed by atoms with Crippen molar-refractivity contribution in [3.8, 4) is 0 Å². The Hall–Kier alpha value is -0.120. The molecule has 0 bridgehead atoms. The standard InChI is InChI=1S/C24H53N2O/c1-6-8-10-11-12-13-14-15-16-17-18-19-20-21-24(23(3)27)25-26(4,5)22-9-7-2/h23-25,27H,6-22H2,1-5H3/q+1. The second kappa shape index (κ2) is 17.9. The van der Waals surface area contributed by atoms with Crippen molar-refractivity contribution in [2.75, 3.05) is 20.6 Å². The fraction of sp³-hybridized carbons (Fsp3) is 1.00. The molecule has 0 aliphatic carbocycles. The minimum Gasteiger partial charge on any atom is -0.392 e. The van der Waals surface area contributed by atoms with Crippen LogP contribution in [0.1, 0.15) is 124 Å². The quantitative estimate of drug-likeness (QED) is 0.141. The highest BCUT2D eigenvalue weighted by Gasteiger charge is 2.24. The van der Waals surface area contributed by atoms with Gasteiger partial charge < -0.3 is 5.11 Å². The van der Waals surface area contributed by atoms with Crippen molar-refractivity contribution in [3.63, 3.8) is 0 Å². The smallest absolute Gasteiger partial charge is 0.0957 e. The summed E-state index contributed by atoms with van der Waals surface area (Å²) in [4.78, 5) is 0. The number of nitrogens with one attached hydrogen (secondary N) is 1. The summed E-state index contributed by atoms with van der Waals surface area (Å²) in [6, 6.07) is 0.213. The fourth-order valence-electron chi connectivity index (χ4n) is 3.86. The molecule has 0 aromatic carbocycles. The van der Waals surface area contributed by atoms with Crippen molar-refractivity contribution in [1.29, 1.82) is 0 Å². The first kappa shape index (κ1) is 26.9. The molecule has 0 saturated carbocycles. The molecule has 0 spiro atoms. The van der Waals surface area contributed by atoms with Gasteiger partial charge in [-0.1, -0.05) is 104 Å². The summed E-state index contributed by atoms with van der Waals surface area (Å²) in [6.45, 7) is 7.58. The first-order valence-corrected chi connectivity index (χ1v) is 12.2. The number of aliphatic hydroxyl groups is 1. The number of aliphatic hydroxyl groups excluding tert-OH is 1. The van der Waals surface area contributed by atoms with Crippen LogP contribution in [0.15, 0.2) is 0 Å². The molecule has 0 fully saturated rings. The summed E-state index contributed by atoms with van der Waals surface area (Å²) >= 11 is 0. The molecule has 0 rings (SSSR count). The molecule has 2 N–H and O–H groups in total. The monoisotopic (exact) mass is 385 g/mol. The SMILES string of the molecule is CCCCCCCCCCCCCCCC(N[N+](C)(C)CCCC)C(C)O. The Bertz CT molecular complexity index is 305. The Morgan fingerprint density at radius 2 is 1.07 bits per heavy atom. The van der Waals surface area contributed by atoms with Gasteiger partial charge in [-0.2, -0.15) is 5.43 Å². The van der Waals surface area contributed by atoms with Gasteiger partial charge in [0, 0.05) is 0 Å². The minimum atomic E-state index is -0.277. The largest absolute Gasteiger partial charge is 0.392 e. The maximum absolute atomic E-state index is 10.1. The van der Waals surface area contributed by atoms with Gasteiger partial charge in [0.05, 0.1) is 32.8 Å². The van der Waals surface area contributed by atoms with E-state index in [0.29, 0.717) is 0 Å². The van der Waals surface area contributed by atoms with Crippen LogP contribution in [0, 0.1) is 0 Å². The molecule has 0 aromatic rings. The van der Waals surface area contributed by atoms with E-state index >= 15 is 0 Å².